The molecule has 3 atom stereocenters. The molecule has 1 aromatic heterocycles. The highest BCUT2D eigenvalue weighted by atomic mass is 35.5. The van der Waals surface area contributed by atoms with E-state index in [0.717, 1.165) is 18.9 Å². The van der Waals surface area contributed by atoms with Gasteiger partial charge in [-0.1, -0.05) is 11.6 Å². The van der Waals surface area contributed by atoms with Crippen LogP contribution in [-0.4, -0.2) is 62.0 Å². The van der Waals surface area contributed by atoms with Crippen LogP contribution in [0.4, 0.5) is 13.2 Å². The number of carbonyl (C=O) groups excluding carboxylic acids is 1. The van der Waals surface area contributed by atoms with Gasteiger partial charge in [0.1, 0.15) is 13.2 Å². The zero-order valence-corrected chi connectivity index (χ0v) is 25.2. The van der Waals surface area contributed by atoms with Crippen molar-refractivity contribution in [1.29, 1.82) is 0 Å². The number of rotatable bonds is 12. The van der Waals surface area contributed by atoms with Crippen LogP contribution in [0.2, 0.25) is 5.15 Å². The van der Waals surface area contributed by atoms with Crippen molar-refractivity contribution in [2.45, 2.75) is 81.5 Å². The number of alkyl halides is 3. The first-order chi connectivity index (χ1) is 19.5. The second-order valence-corrected chi connectivity index (χ2v) is 13.9. The van der Waals surface area contributed by atoms with Crippen LogP contribution >= 0.6 is 11.6 Å². The van der Waals surface area contributed by atoms with Gasteiger partial charge in [0.2, 0.25) is 5.60 Å². The fraction of sp³-hybridized carbons (Fsp3) is 0.571. The van der Waals surface area contributed by atoms with Gasteiger partial charge in [0.05, 0.1) is 39.7 Å². The Balaban J connectivity index is 1.62. The maximum absolute atomic E-state index is 14.5. The third-order valence-electron chi connectivity index (χ3n) is 6.94. The highest BCUT2D eigenvalue weighted by Gasteiger charge is 2.57. The highest BCUT2D eigenvalue weighted by molar-refractivity contribution is 7.84. The second kappa shape index (κ2) is 11.9. The minimum atomic E-state index is -5.23. The zero-order valence-electron chi connectivity index (χ0n) is 23.6. The molecule has 1 aliphatic carbocycles. The first-order valence-electron chi connectivity index (χ1n) is 13.4. The van der Waals surface area contributed by atoms with E-state index in [0.29, 0.717) is 5.75 Å². The maximum atomic E-state index is 14.5. The minimum absolute atomic E-state index is 0.0193. The first kappa shape index (κ1) is 32.5. The van der Waals surface area contributed by atoms with E-state index in [9.17, 15) is 27.3 Å². The molecule has 2 heterocycles. The molecule has 1 saturated carbocycles. The van der Waals surface area contributed by atoms with E-state index >= 15 is 0 Å². The monoisotopic (exact) mass is 634 g/mol. The fourth-order valence-electron chi connectivity index (χ4n) is 4.26. The molecule has 2 aliphatic rings. The molecule has 3 N–H and O–H groups in total. The van der Waals surface area contributed by atoms with Crippen LogP contribution < -0.4 is 18.9 Å². The Bertz CT molecular complexity index is 1370. The van der Waals surface area contributed by atoms with Crippen LogP contribution in [0.25, 0.3) is 0 Å². The molecule has 4 rings (SSSR count). The third kappa shape index (κ3) is 6.85. The molecule has 1 aromatic carbocycles. The van der Waals surface area contributed by atoms with Crippen molar-refractivity contribution in [3.05, 3.63) is 46.2 Å². The summed E-state index contributed by atoms with van der Waals surface area (Å²) in [6, 6.07) is 5.28. The molecule has 0 saturated heterocycles. The van der Waals surface area contributed by atoms with Gasteiger partial charge in [-0.05, 0) is 71.2 Å². The molecule has 232 valence electrons. The predicted octanol–water partition coefficient (Wildman–Crippen LogP) is 4.72. The van der Waals surface area contributed by atoms with E-state index in [1.54, 1.807) is 27.7 Å². The first-order valence-corrected chi connectivity index (χ1v) is 14.9. The van der Waals surface area contributed by atoms with Gasteiger partial charge in [-0.3, -0.25) is 4.79 Å². The summed E-state index contributed by atoms with van der Waals surface area (Å²) in [6.45, 7) is 6.35. The fourth-order valence-corrected chi connectivity index (χ4v) is 5.40. The van der Waals surface area contributed by atoms with Gasteiger partial charge in [0, 0.05) is 17.5 Å². The van der Waals surface area contributed by atoms with Crippen molar-refractivity contribution in [2.75, 3.05) is 19.8 Å². The van der Waals surface area contributed by atoms with Gasteiger partial charge < -0.3 is 24.4 Å². The summed E-state index contributed by atoms with van der Waals surface area (Å²) in [5.74, 6) is -0.130. The number of nitrogens with zero attached hydrogens (tertiary/aromatic N) is 1. The maximum Gasteiger partial charge on any atom is 0.422 e. The van der Waals surface area contributed by atoms with Crippen molar-refractivity contribution in [2.24, 2.45) is 0 Å². The van der Waals surface area contributed by atoms with Gasteiger partial charge in [0.15, 0.2) is 28.2 Å². The second-order valence-electron chi connectivity index (χ2n) is 11.6. The molecule has 0 amide bonds. The van der Waals surface area contributed by atoms with Crippen molar-refractivity contribution in [1.82, 2.24) is 9.71 Å². The Morgan fingerprint density at radius 2 is 1.93 bits per heavy atom. The molecule has 9 nitrogen and oxygen atoms in total. The Kier molecular flexibility index (Phi) is 9.21. The number of benzene rings is 1. The molecule has 0 bridgehead atoms. The number of aromatic nitrogens is 1. The molecule has 1 unspecified atom stereocenters. The Morgan fingerprint density at radius 1 is 1.24 bits per heavy atom. The molecule has 0 radical (unpaired) electrons. The van der Waals surface area contributed by atoms with Gasteiger partial charge in [0.25, 0.3) is 0 Å². The predicted molar refractivity (Wildman–Crippen MR) is 149 cm³/mol. The van der Waals surface area contributed by atoms with Crippen molar-refractivity contribution < 1.29 is 46.6 Å². The van der Waals surface area contributed by atoms with E-state index in [1.165, 1.54) is 18.2 Å². The number of hydrogen-bond acceptors (Lipinski definition) is 8. The number of hydrogen-bond donors (Lipinski definition) is 3. The molecule has 1 fully saturated rings. The van der Waals surface area contributed by atoms with Crippen LogP contribution in [-0.2, 0) is 22.1 Å². The number of pyridine rings is 1. The smallest absolute Gasteiger partial charge is 0.422 e. The van der Waals surface area contributed by atoms with E-state index in [-0.39, 0.29) is 48.6 Å². The number of halogens is 4. The van der Waals surface area contributed by atoms with Gasteiger partial charge in [-0.15, -0.1) is 0 Å². The molecule has 42 heavy (non-hydrogen) atoms. The number of Topliss-reactive ketones (excluding diaryl/α,β-unsaturated/α-hetero) is 1. The number of ketones is 1. The van der Waals surface area contributed by atoms with Gasteiger partial charge >= 0.3 is 6.18 Å². The lowest BCUT2D eigenvalue weighted by Crippen LogP contribution is -2.47. The average Bonchev–Trinajstić information content (AvgIpc) is 3.66. The Labute approximate surface area is 249 Å². The van der Waals surface area contributed by atoms with Crippen LogP contribution in [0.3, 0.4) is 0 Å². The lowest BCUT2D eigenvalue weighted by Gasteiger charge is -2.32. The summed E-state index contributed by atoms with van der Waals surface area (Å²) in [5.41, 5.74) is -5.36. The summed E-state index contributed by atoms with van der Waals surface area (Å²) in [6.07, 6.45) is -5.22. The number of aliphatic hydroxyl groups is 2. The molecule has 1 aliphatic heterocycles. The number of aliphatic hydroxyl groups excluding tert-OH is 1. The SMILES string of the molecule is CC(C)(C)S(=O)N[C@]1(C)COc2c1cc([C@](O)(CCC(=O)c1ccc(OC3CC3)c(OCCO)c1)C(F)(F)F)nc2Cl. The van der Waals surface area contributed by atoms with E-state index < -0.39 is 62.5 Å². The number of nitrogens with one attached hydrogen (secondary N) is 1. The number of ether oxygens (including phenoxy) is 3. The average molecular weight is 635 g/mol. The lowest BCUT2D eigenvalue weighted by atomic mass is 9.87. The third-order valence-corrected chi connectivity index (χ3v) is 8.95. The van der Waals surface area contributed by atoms with E-state index in [1.807, 2.05) is 0 Å². The quantitative estimate of drug-likeness (QED) is 0.226. The molecular weight excluding hydrogens is 601 g/mol. The van der Waals surface area contributed by atoms with Crippen LogP contribution in [0.5, 0.6) is 17.2 Å². The van der Waals surface area contributed by atoms with Crippen LogP contribution in [0, 0.1) is 0 Å². The van der Waals surface area contributed by atoms with Crippen LogP contribution in [0.15, 0.2) is 24.3 Å². The summed E-state index contributed by atoms with van der Waals surface area (Å²) in [4.78, 5) is 16.9. The van der Waals surface area contributed by atoms with Gasteiger partial charge in [-0.2, -0.15) is 13.2 Å². The summed E-state index contributed by atoms with van der Waals surface area (Å²) < 4.78 is 75.3. The van der Waals surface area contributed by atoms with Crippen molar-refractivity contribution in [3.8, 4) is 17.2 Å². The summed E-state index contributed by atoms with van der Waals surface area (Å²) >= 11 is 6.23. The lowest BCUT2D eigenvalue weighted by molar-refractivity contribution is -0.270. The highest BCUT2D eigenvalue weighted by Crippen LogP contribution is 2.48. The number of fused-ring (bicyclic) bond motifs is 1. The molecular formula is C28H34ClF3N2O7S. The molecule has 14 heteroatoms. The summed E-state index contributed by atoms with van der Waals surface area (Å²) in [7, 11) is -1.62. The largest absolute Gasteiger partial charge is 0.488 e. The minimum Gasteiger partial charge on any atom is -0.488 e. The summed E-state index contributed by atoms with van der Waals surface area (Å²) in [5, 5.41) is 19.8. The number of carbonyl (C=O) groups is 1. The van der Waals surface area contributed by atoms with E-state index in [2.05, 4.69) is 9.71 Å². The standard InChI is InChI=1S/C28H34ClF3N2O7S/c1-25(2,3)42(38)34-26(4)15-40-23-18(26)14-22(33-24(23)29)27(37,28(30,31)32)10-9-19(36)16-5-8-20(41-17-6-7-17)21(13-16)39-12-11-35/h5,8,13-14,17,34-35,37H,6-7,9-12,15H2,1-4H3/t26-,27-,42?/m1/s1. The Morgan fingerprint density at radius 3 is 2.52 bits per heavy atom. The van der Waals surface area contributed by atoms with Crippen LogP contribution in [0.1, 0.15) is 75.0 Å². The molecule has 0 spiro atoms. The van der Waals surface area contributed by atoms with Crippen molar-refractivity contribution >= 4 is 28.4 Å². The topological polar surface area (TPSA) is 127 Å². The zero-order chi connectivity index (χ0) is 31.1. The van der Waals surface area contributed by atoms with Gasteiger partial charge in [-0.25, -0.2) is 13.9 Å². The normalized spacial score (nSPS) is 20.8. The van der Waals surface area contributed by atoms with E-state index in [4.69, 9.17) is 30.9 Å². The van der Waals surface area contributed by atoms with Crippen molar-refractivity contribution in [3.63, 3.8) is 0 Å². The molecule has 2 aromatic rings. The Hall–Kier alpha value is -2.45.